The number of rotatable bonds is 5. The van der Waals surface area contributed by atoms with E-state index in [1.807, 2.05) is 30.3 Å². The van der Waals surface area contributed by atoms with E-state index in [1.54, 1.807) is 35.1 Å². The molecular weight excluding hydrogens is 445 g/mol. The number of carbonyl (C=O) groups excluding carboxylic acids is 1. The number of aromatic amines is 1. The van der Waals surface area contributed by atoms with Gasteiger partial charge < -0.3 is 5.32 Å². The zero-order valence-corrected chi connectivity index (χ0v) is 18.5. The Morgan fingerprint density at radius 3 is 2.57 bits per heavy atom. The maximum atomic E-state index is 13.3. The van der Waals surface area contributed by atoms with Crippen LogP contribution < -0.4 is 5.32 Å². The Morgan fingerprint density at radius 2 is 1.80 bits per heavy atom. The van der Waals surface area contributed by atoms with Gasteiger partial charge in [-0.05, 0) is 89.8 Å². The molecule has 8 nitrogen and oxygen atoms in total. The van der Waals surface area contributed by atoms with E-state index in [0.717, 1.165) is 40.9 Å². The largest absolute Gasteiger partial charge is 0.345 e. The van der Waals surface area contributed by atoms with Crippen LogP contribution in [0.4, 0.5) is 4.39 Å². The van der Waals surface area contributed by atoms with Crippen molar-refractivity contribution in [3.63, 3.8) is 0 Å². The lowest BCUT2D eigenvalue weighted by atomic mass is 10.0. The third kappa shape index (κ3) is 3.97. The summed E-state index contributed by atoms with van der Waals surface area (Å²) in [5.41, 5.74) is 6.27. The summed E-state index contributed by atoms with van der Waals surface area (Å²) in [6, 6.07) is 21.4. The van der Waals surface area contributed by atoms with Gasteiger partial charge in [0.2, 0.25) is 5.82 Å². The molecule has 1 aliphatic carbocycles. The average Bonchev–Trinajstić information content (AvgIpc) is 3.66. The maximum Gasteiger partial charge on any atom is 0.251 e. The van der Waals surface area contributed by atoms with Crippen LogP contribution in [0.25, 0.3) is 28.3 Å². The predicted molar refractivity (Wildman–Crippen MR) is 127 cm³/mol. The molecule has 0 saturated heterocycles. The van der Waals surface area contributed by atoms with E-state index in [-0.39, 0.29) is 17.8 Å². The van der Waals surface area contributed by atoms with Crippen LogP contribution in [-0.4, -0.2) is 36.3 Å². The van der Waals surface area contributed by atoms with Gasteiger partial charge in [0.05, 0.1) is 23.6 Å². The van der Waals surface area contributed by atoms with Crippen LogP contribution in [0, 0.1) is 5.82 Å². The van der Waals surface area contributed by atoms with Crippen molar-refractivity contribution in [2.24, 2.45) is 0 Å². The van der Waals surface area contributed by atoms with Gasteiger partial charge in [-0.15, -0.1) is 10.2 Å². The van der Waals surface area contributed by atoms with E-state index < -0.39 is 0 Å². The van der Waals surface area contributed by atoms with E-state index in [2.05, 4.69) is 37.1 Å². The maximum absolute atomic E-state index is 13.3. The molecule has 1 atom stereocenters. The molecule has 2 heterocycles. The molecule has 6 rings (SSSR count). The summed E-state index contributed by atoms with van der Waals surface area (Å²) in [6.07, 6.45) is 3.40. The van der Waals surface area contributed by atoms with Crippen molar-refractivity contribution < 1.29 is 9.18 Å². The number of nitrogens with one attached hydrogen (secondary N) is 2. The number of aryl methyl sites for hydroxylation is 1. The zero-order chi connectivity index (χ0) is 23.8. The summed E-state index contributed by atoms with van der Waals surface area (Å²) in [7, 11) is 0. The van der Waals surface area contributed by atoms with Crippen molar-refractivity contribution in [2.45, 2.75) is 18.9 Å². The Morgan fingerprint density at radius 1 is 1.00 bits per heavy atom. The van der Waals surface area contributed by atoms with Crippen molar-refractivity contribution in [3.8, 4) is 28.3 Å². The second kappa shape index (κ2) is 8.60. The fourth-order valence-corrected chi connectivity index (χ4v) is 4.53. The number of amides is 1. The lowest BCUT2D eigenvalue weighted by Gasteiger charge is -2.15. The van der Waals surface area contributed by atoms with Crippen LogP contribution in [0.2, 0.25) is 0 Å². The fourth-order valence-electron chi connectivity index (χ4n) is 4.53. The zero-order valence-electron chi connectivity index (χ0n) is 18.5. The molecule has 0 aliphatic heterocycles. The number of fused-ring (bicyclic) bond motifs is 1. The molecule has 3 aromatic carbocycles. The molecule has 0 spiro atoms. The van der Waals surface area contributed by atoms with Crippen LogP contribution in [0.5, 0.6) is 0 Å². The number of H-pyrrole nitrogens is 1. The molecule has 35 heavy (non-hydrogen) atoms. The number of nitrogens with zero attached hydrogens (tertiary/aromatic N) is 5. The summed E-state index contributed by atoms with van der Waals surface area (Å²) < 4.78 is 15.1. The monoisotopic (exact) mass is 465 g/mol. The first-order valence-electron chi connectivity index (χ1n) is 11.2. The van der Waals surface area contributed by atoms with Crippen molar-refractivity contribution in [1.29, 1.82) is 0 Å². The summed E-state index contributed by atoms with van der Waals surface area (Å²) in [4.78, 5) is 13.0. The topological polar surface area (TPSA) is 101 Å². The van der Waals surface area contributed by atoms with Crippen LogP contribution in [0.15, 0.2) is 79.0 Å². The molecule has 0 saturated carbocycles. The third-order valence-electron chi connectivity index (χ3n) is 6.29. The van der Waals surface area contributed by atoms with E-state index in [9.17, 15) is 9.18 Å². The van der Waals surface area contributed by atoms with Gasteiger partial charge in [0.1, 0.15) is 5.82 Å². The van der Waals surface area contributed by atoms with Crippen LogP contribution in [0.1, 0.15) is 33.9 Å². The number of carbonyl (C=O) groups is 1. The van der Waals surface area contributed by atoms with Gasteiger partial charge in [0.15, 0.2) is 0 Å². The Kier molecular flexibility index (Phi) is 5.14. The van der Waals surface area contributed by atoms with Gasteiger partial charge in [0, 0.05) is 16.7 Å². The Bertz CT molecular complexity index is 1490. The summed E-state index contributed by atoms with van der Waals surface area (Å²) >= 11 is 0. The summed E-state index contributed by atoms with van der Waals surface area (Å²) in [5, 5.41) is 21.7. The minimum atomic E-state index is -0.285. The fraction of sp³-hybridized carbons (Fsp3) is 0.115. The molecule has 1 aliphatic rings. The highest BCUT2D eigenvalue weighted by Crippen LogP contribution is 2.33. The highest BCUT2D eigenvalue weighted by Gasteiger charge is 2.25. The van der Waals surface area contributed by atoms with Crippen LogP contribution >= 0.6 is 0 Å². The van der Waals surface area contributed by atoms with Gasteiger partial charge in [-0.25, -0.2) is 9.07 Å². The molecule has 9 heteroatoms. The normalized spacial score (nSPS) is 14.6. The minimum absolute atomic E-state index is 0.0484. The van der Waals surface area contributed by atoms with Crippen LogP contribution in [-0.2, 0) is 6.42 Å². The molecule has 0 fully saturated rings. The first-order chi connectivity index (χ1) is 17.2. The van der Waals surface area contributed by atoms with Gasteiger partial charge >= 0.3 is 0 Å². The number of aromatic nitrogens is 6. The second-order valence-corrected chi connectivity index (χ2v) is 8.40. The van der Waals surface area contributed by atoms with Crippen molar-refractivity contribution in [1.82, 2.24) is 35.7 Å². The highest BCUT2D eigenvalue weighted by molar-refractivity contribution is 5.94. The lowest BCUT2D eigenvalue weighted by molar-refractivity contribution is 0.0936. The predicted octanol–water partition coefficient (Wildman–Crippen LogP) is 4.28. The first-order valence-corrected chi connectivity index (χ1v) is 11.2. The smallest absolute Gasteiger partial charge is 0.251 e. The number of benzene rings is 3. The summed E-state index contributed by atoms with van der Waals surface area (Å²) in [6.45, 7) is 0. The van der Waals surface area contributed by atoms with Gasteiger partial charge in [0.25, 0.3) is 5.91 Å². The van der Waals surface area contributed by atoms with Crippen LogP contribution in [0.3, 0.4) is 0 Å². The molecule has 2 aromatic heterocycles. The average molecular weight is 465 g/mol. The molecule has 172 valence electrons. The van der Waals surface area contributed by atoms with Crippen molar-refractivity contribution in [2.75, 3.05) is 0 Å². The molecule has 0 radical (unpaired) electrons. The Hall–Kier alpha value is -4.66. The standard InChI is InChI=1S/C26H20FN7O/c27-20-7-1-16(2-8-20)24-13-14-28-34(24)21-9-3-17(4-10-21)26(35)29-23-12-6-18-15-19(5-11-22(18)23)25-30-32-33-31-25/h1-5,7-11,13-15,23H,6,12H2,(H,29,35)(H,30,31,32,33). The second-order valence-electron chi connectivity index (χ2n) is 8.40. The van der Waals surface area contributed by atoms with Gasteiger partial charge in [-0.3, -0.25) is 4.79 Å². The lowest BCUT2D eigenvalue weighted by Crippen LogP contribution is -2.27. The van der Waals surface area contributed by atoms with Crippen molar-refractivity contribution in [3.05, 3.63) is 102 Å². The van der Waals surface area contributed by atoms with E-state index in [4.69, 9.17) is 0 Å². The first kappa shape index (κ1) is 20.9. The number of halogens is 1. The summed E-state index contributed by atoms with van der Waals surface area (Å²) in [5.74, 6) is 0.142. The molecular formula is C26H20FN7O. The molecule has 5 aromatic rings. The highest BCUT2D eigenvalue weighted by atomic mass is 19.1. The molecule has 1 amide bonds. The van der Waals surface area contributed by atoms with Gasteiger partial charge in [-0.2, -0.15) is 10.3 Å². The number of hydrogen-bond donors (Lipinski definition) is 2. The molecule has 0 bridgehead atoms. The SMILES string of the molecule is O=C(NC1CCc2cc(-c3nn[nH]n3)ccc21)c1ccc(-n2nccc2-c2ccc(F)cc2)cc1. The molecule has 1 unspecified atom stereocenters. The number of hydrogen-bond acceptors (Lipinski definition) is 5. The quantitative estimate of drug-likeness (QED) is 0.404. The Labute approximate surface area is 199 Å². The van der Waals surface area contributed by atoms with Gasteiger partial charge in [-0.1, -0.05) is 12.1 Å². The van der Waals surface area contributed by atoms with Crippen molar-refractivity contribution >= 4 is 5.91 Å². The third-order valence-corrected chi connectivity index (χ3v) is 6.29. The number of tetrazole rings is 1. The molecule has 2 N–H and O–H groups in total. The van der Waals surface area contributed by atoms with E-state index >= 15 is 0 Å². The van der Waals surface area contributed by atoms with E-state index in [0.29, 0.717) is 11.4 Å². The minimum Gasteiger partial charge on any atom is -0.345 e. The Balaban J connectivity index is 1.18. The van der Waals surface area contributed by atoms with E-state index in [1.165, 1.54) is 17.7 Å².